The molecule has 2 aromatic heterocycles. The van der Waals surface area contributed by atoms with Crippen molar-refractivity contribution in [2.24, 2.45) is 10.7 Å². The van der Waals surface area contributed by atoms with E-state index in [0.29, 0.717) is 5.39 Å². The Hall–Kier alpha value is -4.92. The van der Waals surface area contributed by atoms with Crippen molar-refractivity contribution < 1.29 is 43.4 Å². The second-order valence-electron chi connectivity index (χ2n) is 12.7. The van der Waals surface area contributed by atoms with Crippen LogP contribution in [-0.2, 0) is 14.3 Å². The number of carbonyl (C=O) groups is 1. The van der Waals surface area contributed by atoms with E-state index in [-0.39, 0.29) is 47.0 Å². The number of nitrogen functional groups attached to an aromatic ring is 1. The summed E-state index contributed by atoms with van der Waals surface area (Å²) in [4.78, 5) is 39.2. The van der Waals surface area contributed by atoms with E-state index in [1.54, 1.807) is 45.0 Å². The fourth-order valence-corrected chi connectivity index (χ4v) is 6.85. The van der Waals surface area contributed by atoms with Crippen LogP contribution in [0.4, 0.5) is 5.95 Å². The third kappa shape index (κ3) is 7.30. The van der Waals surface area contributed by atoms with Crippen LogP contribution in [-0.4, -0.2) is 73.3 Å². The molecule has 7 atom stereocenters. The lowest BCUT2D eigenvalue weighted by molar-refractivity contribution is -0.170. The Bertz CT molecular complexity index is 2060. The summed E-state index contributed by atoms with van der Waals surface area (Å²) in [7, 11) is -1.38. The first kappa shape index (κ1) is 35.9. The summed E-state index contributed by atoms with van der Waals surface area (Å²) in [5.41, 5.74) is 5.38. The Labute approximate surface area is 294 Å². The number of aliphatic hydroxyl groups excluding tert-OH is 1. The number of methoxy groups -OCH3 is 1. The molecule has 1 fully saturated rings. The molecule has 5 aromatic rings. The molecular weight excluding hydrogens is 679 g/mol. The van der Waals surface area contributed by atoms with Gasteiger partial charge in [0.05, 0.1) is 13.4 Å². The minimum absolute atomic E-state index is 0.0774. The molecule has 0 saturated carbocycles. The quantitative estimate of drug-likeness (QED) is 0.122. The molecule has 2 unspecified atom stereocenters. The Kier molecular flexibility index (Phi) is 10.4. The second-order valence-corrected chi connectivity index (χ2v) is 13.6. The van der Waals surface area contributed by atoms with Gasteiger partial charge in [-0.15, -0.1) is 0 Å². The van der Waals surface area contributed by atoms with Crippen LogP contribution in [0.25, 0.3) is 21.9 Å². The lowest BCUT2D eigenvalue weighted by atomic mass is 9.96. The molecule has 1 aliphatic heterocycles. The lowest BCUT2D eigenvalue weighted by Gasteiger charge is -2.27. The first-order valence-electron chi connectivity index (χ1n) is 16.2. The van der Waals surface area contributed by atoms with E-state index in [0.717, 1.165) is 10.9 Å². The number of aliphatic hydroxyl groups is 2. The summed E-state index contributed by atoms with van der Waals surface area (Å²) in [5.74, 6) is -0.624. The van der Waals surface area contributed by atoms with E-state index < -0.39 is 50.3 Å². The van der Waals surface area contributed by atoms with Crippen molar-refractivity contribution in [2.75, 3.05) is 19.5 Å². The maximum absolute atomic E-state index is 13.5. The zero-order valence-corrected chi connectivity index (χ0v) is 29.5. The molecule has 0 radical (unpaired) electrons. The molecule has 0 amide bonds. The van der Waals surface area contributed by atoms with Crippen LogP contribution in [0, 0.1) is 5.92 Å². The Balaban J connectivity index is 1.23. The molecule has 3 heterocycles. The van der Waals surface area contributed by atoms with Gasteiger partial charge in [-0.05, 0) is 36.8 Å². The fourth-order valence-electron chi connectivity index (χ4n) is 5.89. The summed E-state index contributed by atoms with van der Waals surface area (Å²) in [6.45, 7) is 6.48. The smallest absolute Gasteiger partial charge is 0.395 e. The third-order valence-electron chi connectivity index (χ3n) is 8.68. The topological polar surface area (TPSA) is 209 Å². The van der Waals surface area contributed by atoms with Crippen molar-refractivity contribution in [2.45, 2.75) is 63.9 Å². The minimum atomic E-state index is -2.80. The zero-order valence-electron chi connectivity index (χ0n) is 28.6. The molecule has 1 saturated heterocycles. The predicted octanol–water partition coefficient (Wildman–Crippen LogP) is 4.22. The van der Waals surface area contributed by atoms with E-state index in [2.05, 4.69) is 19.7 Å². The summed E-state index contributed by atoms with van der Waals surface area (Å²) in [5, 5.41) is 24.0. The van der Waals surface area contributed by atoms with Gasteiger partial charge in [-0.2, -0.15) is 9.97 Å². The summed E-state index contributed by atoms with van der Waals surface area (Å²) in [6.07, 6.45) is -2.78. The average Bonchev–Trinajstić information content (AvgIpc) is 3.63. The lowest BCUT2D eigenvalue weighted by Crippen LogP contribution is -2.44. The van der Waals surface area contributed by atoms with Crippen molar-refractivity contribution in [1.82, 2.24) is 19.5 Å². The van der Waals surface area contributed by atoms with Crippen molar-refractivity contribution in [3.05, 3.63) is 78.6 Å². The van der Waals surface area contributed by atoms with Gasteiger partial charge < -0.3 is 39.8 Å². The number of rotatable bonds is 12. The Morgan fingerprint density at radius 3 is 2.57 bits per heavy atom. The van der Waals surface area contributed by atoms with Gasteiger partial charge in [0.15, 0.2) is 29.2 Å². The number of nitrogens with two attached hydrogens (primary N) is 1. The fraction of sp³-hybridized carbons (Fsp3) is 0.371. The van der Waals surface area contributed by atoms with E-state index in [4.69, 9.17) is 29.2 Å². The average molecular weight is 719 g/mol. The second kappa shape index (κ2) is 14.7. The largest absolute Gasteiger partial charge is 0.575 e. The first-order chi connectivity index (χ1) is 24.4. The third-order valence-corrected chi connectivity index (χ3v) is 9.45. The number of ether oxygens (including phenoxy) is 4. The monoisotopic (exact) mass is 718 g/mol. The maximum Gasteiger partial charge on any atom is 0.395 e. The molecule has 268 valence electrons. The summed E-state index contributed by atoms with van der Waals surface area (Å²) >= 11 is 0. The van der Waals surface area contributed by atoms with Gasteiger partial charge in [-0.25, -0.2) is 9.78 Å². The Morgan fingerprint density at radius 2 is 1.84 bits per heavy atom. The summed E-state index contributed by atoms with van der Waals surface area (Å²) in [6, 6.07) is 18.9. The highest BCUT2D eigenvalue weighted by Gasteiger charge is 2.54. The number of hydrogen-bond acceptors (Lipinski definition) is 14. The van der Waals surface area contributed by atoms with Gasteiger partial charge in [-0.1, -0.05) is 79.3 Å². The van der Waals surface area contributed by atoms with E-state index in [9.17, 15) is 19.9 Å². The SMILES string of the molecule is COc1nc(N)nc2c1ncn2C1O[C@H](COc2ccc3ccccc3c2O[P+]([O-])=N[C@H](C(=O)O[C@@H](C)c2ccccc2)C(C)C)[C@@H](O)[C@@]1(C)O. The van der Waals surface area contributed by atoms with Gasteiger partial charge >= 0.3 is 14.1 Å². The molecular formula is C35H39N6O9P. The molecule has 0 bridgehead atoms. The number of carbonyl (C=O) groups excluding carboxylic acids is 1. The normalized spacial score (nSPS) is 21.9. The molecule has 51 heavy (non-hydrogen) atoms. The van der Waals surface area contributed by atoms with Crippen LogP contribution in [0.1, 0.15) is 45.6 Å². The van der Waals surface area contributed by atoms with Crippen LogP contribution >= 0.6 is 8.17 Å². The number of imidazole rings is 1. The highest BCUT2D eigenvalue weighted by Crippen LogP contribution is 2.43. The van der Waals surface area contributed by atoms with Crippen LogP contribution in [0.15, 0.2) is 77.8 Å². The highest BCUT2D eigenvalue weighted by molar-refractivity contribution is 7.34. The van der Waals surface area contributed by atoms with Crippen molar-refractivity contribution >= 4 is 42.0 Å². The molecule has 3 aromatic carbocycles. The van der Waals surface area contributed by atoms with Gasteiger partial charge in [0.1, 0.15) is 30.5 Å². The number of benzene rings is 3. The molecule has 15 nitrogen and oxygen atoms in total. The molecule has 6 rings (SSSR count). The van der Waals surface area contributed by atoms with Gasteiger partial charge in [0, 0.05) is 5.39 Å². The molecule has 16 heteroatoms. The maximum atomic E-state index is 13.5. The number of hydrogen-bond donors (Lipinski definition) is 3. The number of fused-ring (bicyclic) bond motifs is 2. The van der Waals surface area contributed by atoms with Crippen LogP contribution in [0.3, 0.4) is 0 Å². The van der Waals surface area contributed by atoms with Crippen molar-refractivity contribution in [3.8, 4) is 17.4 Å². The first-order valence-corrected chi connectivity index (χ1v) is 17.4. The molecule has 0 aliphatic carbocycles. The van der Waals surface area contributed by atoms with Gasteiger partial charge in [0.25, 0.3) is 0 Å². The standard InChI is InChI=1S/C35H39N6O9P/c1-19(2)26(32(43)48-20(3)21-11-7-6-8-12-21)40-51(45)50-28-23-14-10-9-13-22(23)15-16-24(28)47-17-25-29(42)35(4,44)33(49-25)41-18-37-27-30(41)38-34(36)39-31(27)46-5/h6-16,18-20,25-26,29,33,42,44H,17H2,1-5H3,(H2,36,38,39)/t20-,25+,26-,29+,33?,35+/m0/s1. The minimum Gasteiger partial charge on any atom is -0.575 e. The molecule has 1 aliphatic rings. The van der Waals surface area contributed by atoms with Gasteiger partial charge in [-0.3, -0.25) is 9.09 Å². The zero-order chi connectivity index (χ0) is 36.4. The van der Waals surface area contributed by atoms with Crippen LogP contribution < -0.4 is 24.6 Å². The van der Waals surface area contributed by atoms with E-state index in [1.165, 1.54) is 24.9 Å². The summed E-state index contributed by atoms with van der Waals surface area (Å²) < 4.78 is 34.8. The number of esters is 1. The number of aromatic nitrogens is 4. The Morgan fingerprint density at radius 1 is 1.12 bits per heavy atom. The molecule has 0 spiro atoms. The number of nitrogens with zero attached hydrogens (tertiary/aromatic N) is 5. The predicted molar refractivity (Wildman–Crippen MR) is 186 cm³/mol. The van der Waals surface area contributed by atoms with Crippen LogP contribution in [0.5, 0.6) is 17.4 Å². The van der Waals surface area contributed by atoms with Gasteiger partial charge in [0.2, 0.25) is 17.6 Å². The van der Waals surface area contributed by atoms with E-state index >= 15 is 0 Å². The van der Waals surface area contributed by atoms with Crippen molar-refractivity contribution in [1.29, 1.82) is 0 Å². The molecule has 4 N–H and O–H groups in total. The van der Waals surface area contributed by atoms with Crippen molar-refractivity contribution in [3.63, 3.8) is 0 Å². The highest BCUT2D eigenvalue weighted by atomic mass is 31.1. The van der Waals surface area contributed by atoms with Crippen LogP contribution in [0.2, 0.25) is 0 Å². The van der Waals surface area contributed by atoms with E-state index in [1.807, 2.05) is 42.5 Å². The number of anilines is 1.